The molecule has 2 N–H and O–H groups in total. The molecule has 1 aliphatic rings. The molecule has 0 bridgehead atoms. The Morgan fingerprint density at radius 3 is 2.49 bits per heavy atom. The van der Waals surface area contributed by atoms with E-state index in [0.29, 0.717) is 33.8 Å². The monoisotopic (exact) mass is 532 g/mol. The second kappa shape index (κ2) is 10.8. The van der Waals surface area contributed by atoms with Gasteiger partial charge in [-0.1, -0.05) is 6.07 Å². The van der Waals surface area contributed by atoms with Gasteiger partial charge >= 0.3 is 5.63 Å². The maximum absolute atomic E-state index is 13.1. The quantitative estimate of drug-likeness (QED) is 0.286. The number of carbonyl (C=O) groups excluding carboxylic acids is 2. The standard InChI is InChI=1S/C30H32N2O7/c1-16-15-38-25-14-26-22(12-21(16)25)17(2)20(30(35)39-26)8-10-28(33)32-23(13-29(34)31-19-6-7-19)18-5-9-24(36-3)27(11-18)37-4/h5,9,11-12,14-15,19,23H,6-8,10,13H2,1-4H3,(H,31,34)(H,32,33)/t23-/m0/s1. The van der Waals surface area contributed by atoms with Gasteiger partial charge in [0.05, 0.1) is 32.9 Å². The summed E-state index contributed by atoms with van der Waals surface area (Å²) in [6.07, 6.45) is 3.94. The average molecular weight is 533 g/mol. The number of rotatable bonds is 10. The number of amides is 2. The predicted molar refractivity (Wildman–Crippen MR) is 146 cm³/mol. The molecule has 1 atom stereocenters. The van der Waals surface area contributed by atoms with Crippen LogP contribution < -0.4 is 25.7 Å². The van der Waals surface area contributed by atoms with Gasteiger partial charge in [-0.25, -0.2) is 4.79 Å². The smallest absolute Gasteiger partial charge is 0.339 e. The molecule has 0 aliphatic heterocycles. The molecule has 0 unspecified atom stereocenters. The number of nitrogens with one attached hydrogen (secondary N) is 2. The maximum atomic E-state index is 13.1. The molecule has 9 nitrogen and oxygen atoms in total. The van der Waals surface area contributed by atoms with Crippen LogP contribution in [0.15, 0.2) is 50.2 Å². The van der Waals surface area contributed by atoms with E-state index in [1.165, 1.54) is 7.11 Å². The molecule has 0 spiro atoms. The molecule has 2 aromatic carbocycles. The van der Waals surface area contributed by atoms with Gasteiger partial charge in [0.25, 0.3) is 0 Å². The fourth-order valence-electron chi connectivity index (χ4n) is 4.85. The van der Waals surface area contributed by atoms with Crippen molar-refractivity contribution < 1.29 is 27.9 Å². The summed E-state index contributed by atoms with van der Waals surface area (Å²) in [7, 11) is 3.08. The van der Waals surface area contributed by atoms with Crippen molar-refractivity contribution in [2.45, 2.75) is 58.0 Å². The molecule has 1 saturated carbocycles. The summed E-state index contributed by atoms with van der Waals surface area (Å²) < 4.78 is 21.9. The van der Waals surface area contributed by atoms with Crippen molar-refractivity contribution in [3.8, 4) is 11.5 Å². The number of carbonyl (C=O) groups is 2. The number of furan rings is 1. The number of hydrogen-bond acceptors (Lipinski definition) is 7. The number of aryl methyl sites for hydroxylation is 2. The van der Waals surface area contributed by atoms with E-state index in [0.717, 1.165) is 34.7 Å². The average Bonchev–Trinajstić information content (AvgIpc) is 3.66. The van der Waals surface area contributed by atoms with Crippen LogP contribution in [0.4, 0.5) is 0 Å². The number of hydrogen-bond donors (Lipinski definition) is 2. The molecular formula is C30H32N2O7. The summed E-state index contributed by atoms with van der Waals surface area (Å²) in [6, 6.07) is 8.62. The van der Waals surface area contributed by atoms with Crippen molar-refractivity contribution in [2.75, 3.05) is 14.2 Å². The molecule has 1 aliphatic carbocycles. The van der Waals surface area contributed by atoms with Crippen molar-refractivity contribution in [3.63, 3.8) is 0 Å². The number of methoxy groups -OCH3 is 2. The Labute approximate surface area is 225 Å². The van der Waals surface area contributed by atoms with Gasteiger partial charge < -0.3 is 28.9 Å². The Morgan fingerprint density at radius 1 is 1.00 bits per heavy atom. The molecule has 9 heteroatoms. The molecule has 2 heterocycles. The van der Waals surface area contributed by atoms with E-state index >= 15 is 0 Å². The second-order valence-corrected chi connectivity index (χ2v) is 10.0. The molecule has 1 fully saturated rings. The summed E-state index contributed by atoms with van der Waals surface area (Å²) in [6.45, 7) is 3.82. The number of fused-ring (bicyclic) bond motifs is 2. The highest BCUT2D eigenvalue weighted by molar-refractivity contribution is 5.96. The van der Waals surface area contributed by atoms with E-state index in [-0.39, 0.29) is 37.1 Å². The van der Waals surface area contributed by atoms with E-state index in [4.69, 9.17) is 18.3 Å². The molecule has 39 heavy (non-hydrogen) atoms. The van der Waals surface area contributed by atoms with Gasteiger partial charge in [0, 0.05) is 34.9 Å². The molecule has 0 radical (unpaired) electrons. The summed E-state index contributed by atoms with van der Waals surface area (Å²) in [5, 5.41) is 7.71. The minimum atomic E-state index is -0.581. The van der Waals surface area contributed by atoms with E-state index in [1.807, 2.05) is 19.9 Å². The molecule has 4 aromatic rings. The summed E-state index contributed by atoms with van der Waals surface area (Å²) in [5.41, 5.74) is 3.56. The highest BCUT2D eigenvalue weighted by Crippen LogP contribution is 2.32. The summed E-state index contributed by atoms with van der Waals surface area (Å²) in [4.78, 5) is 38.6. The van der Waals surface area contributed by atoms with Crippen LogP contribution in [0.1, 0.15) is 54.0 Å². The lowest BCUT2D eigenvalue weighted by molar-refractivity contribution is -0.123. The van der Waals surface area contributed by atoms with Crippen LogP contribution in [0, 0.1) is 13.8 Å². The first-order valence-corrected chi connectivity index (χ1v) is 13.0. The lowest BCUT2D eigenvalue weighted by Crippen LogP contribution is -2.34. The first-order chi connectivity index (χ1) is 18.8. The van der Waals surface area contributed by atoms with Gasteiger partial charge in [-0.15, -0.1) is 0 Å². The van der Waals surface area contributed by atoms with Crippen LogP contribution in [-0.4, -0.2) is 32.1 Å². The van der Waals surface area contributed by atoms with Gasteiger partial charge in [-0.05, 0) is 68.0 Å². The van der Waals surface area contributed by atoms with Crippen LogP contribution in [-0.2, 0) is 16.0 Å². The Bertz CT molecular complexity index is 1610. The highest BCUT2D eigenvalue weighted by Gasteiger charge is 2.26. The van der Waals surface area contributed by atoms with E-state index in [2.05, 4.69) is 10.6 Å². The third-order valence-corrected chi connectivity index (χ3v) is 7.25. The van der Waals surface area contributed by atoms with Crippen molar-refractivity contribution >= 4 is 33.8 Å². The van der Waals surface area contributed by atoms with E-state index in [1.54, 1.807) is 37.6 Å². The van der Waals surface area contributed by atoms with Gasteiger partial charge in [0.1, 0.15) is 11.2 Å². The zero-order chi connectivity index (χ0) is 27.7. The van der Waals surface area contributed by atoms with E-state index in [9.17, 15) is 14.4 Å². The molecule has 5 rings (SSSR count). The van der Waals surface area contributed by atoms with Crippen molar-refractivity contribution in [1.29, 1.82) is 0 Å². The van der Waals surface area contributed by atoms with Gasteiger partial charge in [-0.2, -0.15) is 0 Å². The van der Waals surface area contributed by atoms with Gasteiger partial charge in [0.15, 0.2) is 11.5 Å². The Kier molecular flexibility index (Phi) is 7.32. The SMILES string of the molecule is COc1ccc([C@H](CC(=O)NC2CC2)NC(=O)CCc2c(C)c3cc4c(C)coc4cc3oc2=O)cc1OC. The Hall–Kier alpha value is -4.27. The van der Waals surface area contributed by atoms with Gasteiger partial charge in [-0.3, -0.25) is 9.59 Å². The maximum Gasteiger partial charge on any atom is 0.339 e. The van der Waals surface area contributed by atoms with Crippen molar-refractivity contribution in [3.05, 3.63) is 69.3 Å². The third-order valence-electron chi connectivity index (χ3n) is 7.25. The lowest BCUT2D eigenvalue weighted by Gasteiger charge is -2.20. The van der Waals surface area contributed by atoms with Crippen molar-refractivity contribution in [2.24, 2.45) is 0 Å². The minimum Gasteiger partial charge on any atom is -0.493 e. The molecule has 2 amide bonds. The normalized spacial score (nSPS) is 13.8. The van der Waals surface area contributed by atoms with E-state index < -0.39 is 11.7 Å². The topological polar surface area (TPSA) is 120 Å². The largest absolute Gasteiger partial charge is 0.493 e. The fourth-order valence-corrected chi connectivity index (χ4v) is 4.85. The molecule has 2 aromatic heterocycles. The molecular weight excluding hydrogens is 500 g/mol. The Morgan fingerprint density at radius 2 is 1.77 bits per heavy atom. The molecule has 0 saturated heterocycles. The third kappa shape index (κ3) is 5.62. The summed E-state index contributed by atoms with van der Waals surface area (Å²) in [5.74, 6) is 0.636. The van der Waals surface area contributed by atoms with Crippen LogP contribution in [0.5, 0.6) is 11.5 Å². The lowest BCUT2D eigenvalue weighted by atomic mass is 9.99. The first kappa shape index (κ1) is 26.3. The first-order valence-electron chi connectivity index (χ1n) is 13.0. The minimum absolute atomic E-state index is 0.0537. The molecule has 204 valence electrons. The van der Waals surface area contributed by atoms with Crippen LogP contribution in [0.2, 0.25) is 0 Å². The Balaban J connectivity index is 1.35. The van der Waals surface area contributed by atoms with Crippen LogP contribution >= 0.6 is 0 Å². The zero-order valence-corrected chi connectivity index (χ0v) is 22.5. The zero-order valence-electron chi connectivity index (χ0n) is 22.5. The number of benzene rings is 2. The highest BCUT2D eigenvalue weighted by atomic mass is 16.5. The van der Waals surface area contributed by atoms with Gasteiger partial charge in [0.2, 0.25) is 11.8 Å². The van der Waals surface area contributed by atoms with Crippen LogP contribution in [0.3, 0.4) is 0 Å². The predicted octanol–water partition coefficient (Wildman–Crippen LogP) is 4.63. The summed E-state index contributed by atoms with van der Waals surface area (Å²) >= 11 is 0. The van der Waals surface area contributed by atoms with Crippen LogP contribution in [0.25, 0.3) is 21.9 Å². The van der Waals surface area contributed by atoms with Crippen molar-refractivity contribution in [1.82, 2.24) is 10.6 Å². The second-order valence-electron chi connectivity index (χ2n) is 10.0. The fraction of sp³-hybridized carbons (Fsp3) is 0.367. The number of ether oxygens (including phenoxy) is 2.